The van der Waals surface area contributed by atoms with E-state index in [-0.39, 0.29) is 42.3 Å². The summed E-state index contributed by atoms with van der Waals surface area (Å²) in [5, 5.41) is 57.6. The number of esters is 1. The van der Waals surface area contributed by atoms with Crippen LogP contribution in [0.15, 0.2) is 47.3 Å². The number of methoxy groups -OCH3 is 2. The highest BCUT2D eigenvalue weighted by Crippen LogP contribution is 2.42. The topological polar surface area (TPSA) is 226 Å². The molecular formula is C44H73NO14. The molecule has 7 N–H and O–H groups in total. The Kier molecular flexibility index (Phi) is 19.1. The lowest BCUT2D eigenvalue weighted by molar-refractivity contribution is -0.343. The second kappa shape index (κ2) is 22.3. The minimum atomic E-state index is -1.92. The molecule has 59 heavy (non-hydrogen) atoms. The van der Waals surface area contributed by atoms with Crippen LogP contribution in [0.4, 0.5) is 4.79 Å². The van der Waals surface area contributed by atoms with Crippen molar-refractivity contribution in [2.24, 2.45) is 41.2 Å². The van der Waals surface area contributed by atoms with E-state index in [9.17, 15) is 35.1 Å². The molecule has 15 heteroatoms. The average molecular weight is 840 g/mol. The fourth-order valence-corrected chi connectivity index (χ4v) is 8.71. The number of amides is 1. The highest BCUT2D eigenvalue weighted by atomic mass is 16.7. The number of aliphatic hydroxyl groups excluding tert-OH is 4. The van der Waals surface area contributed by atoms with E-state index in [4.69, 9.17) is 38.9 Å². The summed E-state index contributed by atoms with van der Waals surface area (Å²) in [6.45, 7) is 18.1. The Morgan fingerprint density at radius 1 is 1.05 bits per heavy atom. The largest absolute Gasteiger partial charge is 0.490 e. The Morgan fingerprint density at radius 2 is 1.71 bits per heavy atom. The lowest BCUT2D eigenvalue weighted by Crippen LogP contribution is -2.59. The summed E-state index contributed by atoms with van der Waals surface area (Å²) >= 11 is 0. The number of rotatable bonds is 10. The zero-order chi connectivity index (χ0) is 44.5. The molecule has 3 heterocycles. The zero-order valence-electron chi connectivity index (χ0n) is 37.0. The van der Waals surface area contributed by atoms with Gasteiger partial charge in [-0.3, -0.25) is 0 Å². The first-order chi connectivity index (χ1) is 27.6. The number of cyclic esters (lactones) is 1. The molecule has 0 aliphatic carbocycles. The van der Waals surface area contributed by atoms with Crippen molar-refractivity contribution in [1.29, 1.82) is 0 Å². The Labute approximate surface area is 350 Å². The molecule has 0 aromatic heterocycles. The molecule has 0 spiro atoms. The molecule has 0 aromatic rings. The van der Waals surface area contributed by atoms with E-state index < -0.39 is 97.0 Å². The summed E-state index contributed by atoms with van der Waals surface area (Å²) in [5.41, 5.74) is 6.77. The van der Waals surface area contributed by atoms with Gasteiger partial charge in [0.2, 0.25) is 5.76 Å². The normalized spacial score (nSPS) is 39.9. The van der Waals surface area contributed by atoms with E-state index in [0.717, 1.165) is 5.57 Å². The van der Waals surface area contributed by atoms with Crippen molar-refractivity contribution in [3.63, 3.8) is 0 Å². The molecule has 18 unspecified atom stereocenters. The molecule has 2 fully saturated rings. The van der Waals surface area contributed by atoms with Gasteiger partial charge < -0.3 is 64.4 Å². The third-order valence-corrected chi connectivity index (χ3v) is 12.7. The zero-order valence-corrected chi connectivity index (χ0v) is 37.0. The van der Waals surface area contributed by atoms with Crippen LogP contribution in [0, 0.1) is 35.5 Å². The number of primary amides is 1. The van der Waals surface area contributed by atoms with Crippen molar-refractivity contribution in [2.75, 3.05) is 14.2 Å². The Bertz CT molecular complexity index is 1490. The number of hydrogen-bond acceptors (Lipinski definition) is 14. The number of carbonyl (C=O) groups excluding carboxylic acids is 2. The molecule has 338 valence electrons. The maximum absolute atomic E-state index is 13.9. The molecule has 3 aliphatic rings. The summed E-state index contributed by atoms with van der Waals surface area (Å²) in [7, 11) is 2.81. The third-order valence-electron chi connectivity index (χ3n) is 12.7. The predicted molar refractivity (Wildman–Crippen MR) is 219 cm³/mol. The van der Waals surface area contributed by atoms with E-state index in [1.54, 1.807) is 46.8 Å². The van der Waals surface area contributed by atoms with Gasteiger partial charge in [-0.2, -0.15) is 0 Å². The second-order valence-corrected chi connectivity index (χ2v) is 17.2. The molecule has 0 saturated carbocycles. The van der Waals surface area contributed by atoms with E-state index >= 15 is 0 Å². The van der Waals surface area contributed by atoms with Gasteiger partial charge in [-0.05, 0) is 52.5 Å². The summed E-state index contributed by atoms with van der Waals surface area (Å²) in [6, 6.07) is 0. The van der Waals surface area contributed by atoms with E-state index in [2.05, 4.69) is 0 Å². The molecular weight excluding hydrogens is 766 g/mol. The number of carbonyl (C=O) groups is 2. The number of ether oxygens (including phenoxy) is 7. The number of allylic oxidation sites excluding steroid dienone is 5. The average Bonchev–Trinajstić information content (AvgIpc) is 3.16. The number of nitrogens with two attached hydrogens (primary N) is 1. The van der Waals surface area contributed by atoms with Crippen LogP contribution < -0.4 is 5.73 Å². The van der Waals surface area contributed by atoms with Crippen molar-refractivity contribution < 1.29 is 68.3 Å². The van der Waals surface area contributed by atoms with Gasteiger partial charge in [0.05, 0.1) is 49.8 Å². The molecule has 3 rings (SSSR count). The van der Waals surface area contributed by atoms with Crippen LogP contribution >= 0.6 is 0 Å². The van der Waals surface area contributed by atoms with Crippen LogP contribution in [0.3, 0.4) is 0 Å². The summed E-state index contributed by atoms with van der Waals surface area (Å²) in [4.78, 5) is 25.2. The number of aliphatic hydroxyl groups is 5. The SMILES string of the molecule is CCC1C(O)C(C)C=C(C)C=C(OC)C(=O)OC(C(C)C(O)C(C)C2(O)CC(OC3CC(O)C(OC(N)=O)C(C)O3)C(C)C(C)O2)C(OC)C=CC=C(C)CC(C)C1O. The van der Waals surface area contributed by atoms with Crippen LogP contribution in [0.25, 0.3) is 0 Å². The number of hydrogen-bond donors (Lipinski definition) is 6. The summed E-state index contributed by atoms with van der Waals surface area (Å²) in [6.07, 6.45) is -1.05. The van der Waals surface area contributed by atoms with E-state index in [1.807, 2.05) is 46.8 Å². The fraction of sp³-hybridized carbons (Fsp3) is 0.773. The standard InChI is InChI=1S/C44H73NO14/c1-13-31-37(47)24(4)17-22(2)15-14-16-33(53-11)40(57-42(50)34(54-12)19-23(3)18-25(5)38(31)48)27(7)39(49)28(8)44(52)21-35(26(6)29(9)59-44)56-36-20-32(46)41(30(10)55-36)58-43(45)51/h14-16,18-19,24-33,35-41,46-49,52H,13,17,20-21H2,1-12H3,(H2,45,51). The fourth-order valence-electron chi connectivity index (χ4n) is 8.71. The highest BCUT2D eigenvalue weighted by Gasteiger charge is 2.52. The predicted octanol–water partition coefficient (Wildman–Crippen LogP) is 4.43. The summed E-state index contributed by atoms with van der Waals surface area (Å²) in [5.74, 6) is -5.80. The first kappa shape index (κ1) is 50.5. The van der Waals surface area contributed by atoms with Crippen molar-refractivity contribution >= 4 is 12.1 Å². The first-order valence-corrected chi connectivity index (χ1v) is 21.0. The van der Waals surface area contributed by atoms with Gasteiger partial charge in [-0.1, -0.05) is 77.0 Å². The van der Waals surface area contributed by atoms with Crippen molar-refractivity contribution in [1.82, 2.24) is 0 Å². The van der Waals surface area contributed by atoms with E-state index in [0.29, 0.717) is 18.4 Å². The van der Waals surface area contributed by atoms with Gasteiger partial charge in [0.25, 0.3) is 0 Å². The smallest absolute Gasteiger partial charge is 0.404 e. The van der Waals surface area contributed by atoms with Crippen LogP contribution in [0.5, 0.6) is 0 Å². The van der Waals surface area contributed by atoms with Gasteiger partial charge in [-0.25, -0.2) is 9.59 Å². The lowest BCUT2D eigenvalue weighted by atomic mass is 9.77. The molecule has 0 radical (unpaired) electrons. The Hall–Kier alpha value is -2.86. The molecule has 0 bridgehead atoms. The van der Waals surface area contributed by atoms with Gasteiger partial charge in [0, 0.05) is 49.5 Å². The van der Waals surface area contributed by atoms with Crippen LogP contribution in [0.1, 0.15) is 94.9 Å². The minimum absolute atomic E-state index is 0.0173. The van der Waals surface area contributed by atoms with Gasteiger partial charge in [-0.15, -0.1) is 0 Å². The molecule has 3 aliphatic heterocycles. The molecule has 0 aromatic carbocycles. The van der Waals surface area contributed by atoms with Crippen molar-refractivity contribution in [3.8, 4) is 0 Å². The Morgan fingerprint density at radius 3 is 2.29 bits per heavy atom. The monoisotopic (exact) mass is 840 g/mol. The second-order valence-electron chi connectivity index (χ2n) is 17.2. The summed E-state index contributed by atoms with van der Waals surface area (Å²) < 4.78 is 41.0. The highest BCUT2D eigenvalue weighted by molar-refractivity contribution is 5.87. The molecule has 15 nitrogen and oxygen atoms in total. The van der Waals surface area contributed by atoms with Gasteiger partial charge in [0.15, 0.2) is 18.2 Å². The lowest BCUT2D eigenvalue weighted by Gasteiger charge is -2.49. The minimum Gasteiger partial charge on any atom is -0.490 e. The Balaban J connectivity index is 1.96. The molecule has 1 amide bonds. The molecule has 2 saturated heterocycles. The van der Waals surface area contributed by atoms with Gasteiger partial charge >= 0.3 is 12.1 Å². The van der Waals surface area contributed by atoms with Crippen LogP contribution in [-0.4, -0.2) is 125 Å². The third kappa shape index (κ3) is 13.1. The van der Waals surface area contributed by atoms with Crippen molar-refractivity contribution in [3.05, 3.63) is 47.3 Å². The van der Waals surface area contributed by atoms with Crippen LogP contribution in [-0.2, 0) is 38.0 Å². The van der Waals surface area contributed by atoms with E-state index in [1.165, 1.54) is 20.3 Å². The first-order valence-electron chi connectivity index (χ1n) is 21.0. The maximum atomic E-state index is 13.9. The van der Waals surface area contributed by atoms with Gasteiger partial charge in [0.1, 0.15) is 12.2 Å². The van der Waals surface area contributed by atoms with Crippen molar-refractivity contribution in [2.45, 2.75) is 168 Å². The van der Waals surface area contributed by atoms with Crippen LogP contribution in [0.2, 0.25) is 0 Å². The molecule has 18 atom stereocenters. The quantitative estimate of drug-likeness (QED) is 0.168. The maximum Gasteiger partial charge on any atom is 0.404 e.